The fraction of sp³-hybridized carbons (Fsp3) is 0.133. The molecule has 4 aromatic rings. The molecule has 0 atom stereocenters. The first-order chi connectivity index (χ1) is 15.0. The van der Waals surface area contributed by atoms with Gasteiger partial charge in [-0.2, -0.15) is 0 Å². The molecule has 0 fully saturated rings. The first kappa shape index (κ1) is 20.7. The molecule has 1 heteroatoms. The predicted octanol–water partition coefficient (Wildman–Crippen LogP) is 8.56. The third-order valence-electron chi connectivity index (χ3n) is 5.47. The molecule has 0 aromatic heterocycles. The van der Waals surface area contributed by atoms with Gasteiger partial charge in [-0.25, -0.2) is 0 Å². The lowest BCUT2D eigenvalue weighted by Crippen LogP contribution is -2.10. The predicted molar refractivity (Wildman–Crippen MR) is 135 cm³/mol. The lowest BCUT2D eigenvalue weighted by molar-refractivity contribution is 1.26. The molecule has 4 rings (SSSR count). The van der Waals surface area contributed by atoms with E-state index in [-0.39, 0.29) is 0 Å². The minimum Gasteiger partial charge on any atom is -0.310 e. The molecule has 31 heavy (non-hydrogen) atoms. The van der Waals surface area contributed by atoms with E-state index >= 15 is 0 Å². The number of hydrogen-bond acceptors (Lipinski definition) is 1. The Morgan fingerprint density at radius 3 is 1.39 bits per heavy atom. The fourth-order valence-electron chi connectivity index (χ4n) is 3.72. The van der Waals surface area contributed by atoms with Crippen molar-refractivity contribution in [3.8, 4) is 0 Å². The van der Waals surface area contributed by atoms with Crippen molar-refractivity contribution in [1.82, 2.24) is 0 Å². The lowest BCUT2D eigenvalue weighted by Gasteiger charge is -2.26. The van der Waals surface area contributed by atoms with E-state index in [0.717, 1.165) is 17.1 Å². The maximum Gasteiger partial charge on any atom is 0.0470 e. The van der Waals surface area contributed by atoms with Crippen LogP contribution in [0.2, 0.25) is 0 Å². The van der Waals surface area contributed by atoms with Crippen molar-refractivity contribution in [1.29, 1.82) is 0 Å². The van der Waals surface area contributed by atoms with E-state index in [0.29, 0.717) is 0 Å². The van der Waals surface area contributed by atoms with Crippen LogP contribution in [0.4, 0.5) is 17.1 Å². The second-order valence-corrected chi connectivity index (χ2v) is 8.35. The van der Waals surface area contributed by atoms with Gasteiger partial charge in [0.15, 0.2) is 0 Å². The van der Waals surface area contributed by atoms with Crippen molar-refractivity contribution >= 4 is 29.2 Å². The van der Waals surface area contributed by atoms with Gasteiger partial charge in [0.05, 0.1) is 0 Å². The molecule has 0 N–H and O–H groups in total. The largest absolute Gasteiger partial charge is 0.310 e. The first-order valence-electron chi connectivity index (χ1n) is 10.8. The molecule has 0 saturated carbocycles. The Balaban J connectivity index is 1.76. The zero-order chi connectivity index (χ0) is 21.8. The molecule has 0 spiro atoms. The number of hydrogen-bond donors (Lipinski definition) is 0. The van der Waals surface area contributed by atoms with Crippen LogP contribution in [-0.4, -0.2) is 0 Å². The van der Waals surface area contributed by atoms with Crippen molar-refractivity contribution in [2.24, 2.45) is 0 Å². The Bertz CT molecular complexity index is 1140. The topological polar surface area (TPSA) is 3.24 Å². The van der Waals surface area contributed by atoms with E-state index in [4.69, 9.17) is 0 Å². The highest BCUT2D eigenvalue weighted by Gasteiger charge is 2.13. The van der Waals surface area contributed by atoms with Gasteiger partial charge in [0, 0.05) is 17.1 Å². The minimum absolute atomic E-state index is 1.16. The van der Waals surface area contributed by atoms with Gasteiger partial charge in [-0.15, -0.1) is 0 Å². The number of aryl methyl sites for hydroxylation is 4. The van der Waals surface area contributed by atoms with Crippen LogP contribution in [0.25, 0.3) is 12.2 Å². The number of benzene rings is 4. The second kappa shape index (κ2) is 9.06. The van der Waals surface area contributed by atoms with Crippen molar-refractivity contribution in [2.75, 3.05) is 4.90 Å². The quantitative estimate of drug-likeness (QED) is 0.302. The Hall–Kier alpha value is -3.58. The number of rotatable bonds is 5. The molecule has 0 bridgehead atoms. The monoisotopic (exact) mass is 403 g/mol. The molecule has 0 radical (unpaired) electrons. The standard InChI is InChI=1S/C30H29N/c1-22-5-11-26(12-6-22)13-14-27-19-25(4)20-30(21-27)31(28-15-7-23(2)8-16-28)29-17-9-24(3)10-18-29/h5-21H,1-4H3/b14-13+. The summed E-state index contributed by atoms with van der Waals surface area (Å²) in [6, 6.07) is 32.8. The van der Waals surface area contributed by atoms with E-state index in [1.807, 2.05) is 0 Å². The van der Waals surface area contributed by atoms with Crippen LogP contribution < -0.4 is 4.90 Å². The Morgan fingerprint density at radius 1 is 0.419 bits per heavy atom. The lowest BCUT2D eigenvalue weighted by atomic mass is 10.1. The average Bonchev–Trinajstić information content (AvgIpc) is 2.76. The number of anilines is 3. The normalized spacial score (nSPS) is 11.1. The molecule has 0 amide bonds. The second-order valence-electron chi connectivity index (χ2n) is 8.35. The molecule has 4 aromatic carbocycles. The van der Waals surface area contributed by atoms with Gasteiger partial charge in [0.2, 0.25) is 0 Å². The minimum atomic E-state index is 1.16. The third kappa shape index (κ3) is 5.13. The molecular formula is C30H29N. The molecule has 0 saturated heterocycles. The van der Waals surface area contributed by atoms with Crippen molar-refractivity contribution in [3.05, 3.63) is 124 Å². The highest BCUT2D eigenvalue weighted by molar-refractivity contribution is 5.80. The summed E-state index contributed by atoms with van der Waals surface area (Å²) in [5.74, 6) is 0. The van der Waals surface area contributed by atoms with Crippen LogP contribution in [0.1, 0.15) is 33.4 Å². The summed E-state index contributed by atoms with van der Waals surface area (Å²) in [5, 5.41) is 0. The molecule has 0 unspecified atom stereocenters. The van der Waals surface area contributed by atoms with Crippen molar-refractivity contribution in [2.45, 2.75) is 27.7 Å². The highest BCUT2D eigenvalue weighted by Crippen LogP contribution is 2.36. The van der Waals surface area contributed by atoms with E-state index in [1.54, 1.807) is 0 Å². The van der Waals surface area contributed by atoms with Crippen LogP contribution >= 0.6 is 0 Å². The van der Waals surface area contributed by atoms with Crippen LogP contribution in [0.15, 0.2) is 91.0 Å². The van der Waals surface area contributed by atoms with Crippen molar-refractivity contribution < 1.29 is 0 Å². The van der Waals surface area contributed by atoms with Crippen LogP contribution in [0.5, 0.6) is 0 Å². The molecule has 154 valence electrons. The summed E-state index contributed by atoms with van der Waals surface area (Å²) in [4.78, 5) is 2.33. The molecule has 0 aliphatic carbocycles. The maximum atomic E-state index is 2.33. The van der Waals surface area contributed by atoms with E-state index in [2.05, 4.69) is 136 Å². The van der Waals surface area contributed by atoms with Gasteiger partial charge in [0.25, 0.3) is 0 Å². The fourth-order valence-corrected chi connectivity index (χ4v) is 3.72. The summed E-state index contributed by atoms with van der Waals surface area (Å²) in [7, 11) is 0. The Morgan fingerprint density at radius 2 is 0.871 bits per heavy atom. The van der Waals surface area contributed by atoms with E-state index < -0.39 is 0 Å². The third-order valence-corrected chi connectivity index (χ3v) is 5.47. The molecule has 0 heterocycles. The summed E-state index contributed by atoms with van der Waals surface area (Å²) in [5.41, 5.74) is 10.9. The van der Waals surface area contributed by atoms with E-state index in [1.165, 1.54) is 33.4 Å². The SMILES string of the molecule is Cc1ccc(/C=C/c2cc(C)cc(N(c3ccc(C)cc3)c3ccc(C)cc3)c2)cc1. The molecular weight excluding hydrogens is 374 g/mol. The smallest absolute Gasteiger partial charge is 0.0470 e. The summed E-state index contributed by atoms with van der Waals surface area (Å²) < 4.78 is 0. The summed E-state index contributed by atoms with van der Waals surface area (Å²) >= 11 is 0. The van der Waals surface area contributed by atoms with E-state index in [9.17, 15) is 0 Å². The summed E-state index contributed by atoms with van der Waals surface area (Å²) in [6.07, 6.45) is 4.38. The van der Waals surface area contributed by atoms with Gasteiger partial charge < -0.3 is 4.90 Å². The Labute approximate surface area is 186 Å². The molecule has 0 aliphatic heterocycles. The van der Waals surface area contributed by atoms with Gasteiger partial charge in [-0.3, -0.25) is 0 Å². The van der Waals surface area contributed by atoms with Gasteiger partial charge >= 0.3 is 0 Å². The van der Waals surface area contributed by atoms with Crippen molar-refractivity contribution in [3.63, 3.8) is 0 Å². The average molecular weight is 404 g/mol. The Kier molecular flexibility index (Phi) is 6.04. The van der Waals surface area contributed by atoms with Crippen LogP contribution in [0.3, 0.4) is 0 Å². The van der Waals surface area contributed by atoms with Gasteiger partial charge in [-0.05, 0) is 80.8 Å². The van der Waals surface area contributed by atoms with Crippen LogP contribution in [-0.2, 0) is 0 Å². The molecule has 1 nitrogen and oxygen atoms in total. The van der Waals surface area contributed by atoms with Gasteiger partial charge in [-0.1, -0.05) is 83.4 Å². The zero-order valence-corrected chi connectivity index (χ0v) is 18.8. The van der Waals surface area contributed by atoms with Crippen LogP contribution in [0, 0.1) is 27.7 Å². The number of nitrogens with zero attached hydrogens (tertiary/aromatic N) is 1. The maximum absolute atomic E-state index is 2.33. The molecule has 0 aliphatic rings. The first-order valence-corrected chi connectivity index (χ1v) is 10.8. The van der Waals surface area contributed by atoms with Gasteiger partial charge in [0.1, 0.15) is 0 Å². The zero-order valence-electron chi connectivity index (χ0n) is 18.8. The highest BCUT2D eigenvalue weighted by atomic mass is 15.1. The summed E-state index contributed by atoms with van der Waals surface area (Å²) in [6.45, 7) is 8.53.